The molecule has 0 spiro atoms. The van der Waals surface area contributed by atoms with Crippen LogP contribution in [0.5, 0.6) is 0 Å². The number of primary sulfonamides is 1. The third-order valence-corrected chi connectivity index (χ3v) is 6.77. The molecular weight excluding hydrogens is 314 g/mol. The van der Waals surface area contributed by atoms with Crippen molar-refractivity contribution in [3.63, 3.8) is 0 Å². The van der Waals surface area contributed by atoms with Crippen molar-refractivity contribution in [3.05, 3.63) is 11.6 Å². The van der Waals surface area contributed by atoms with Gasteiger partial charge in [-0.2, -0.15) is 0 Å². The maximum absolute atomic E-state index is 11.5. The number of nitrogens with one attached hydrogen (secondary N) is 1. The molecule has 2 heterocycles. The van der Waals surface area contributed by atoms with E-state index < -0.39 is 10.0 Å². The Morgan fingerprint density at radius 1 is 1.55 bits per heavy atom. The lowest BCUT2D eigenvalue weighted by molar-refractivity contribution is 0.347. The van der Waals surface area contributed by atoms with Crippen molar-refractivity contribution < 1.29 is 8.42 Å². The summed E-state index contributed by atoms with van der Waals surface area (Å²) in [7, 11) is -3.62. The zero-order valence-electron chi connectivity index (χ0n) is 11.9. The van der Waals surface area contributed by atoms with Crippen molar-refractivity contribution in [2.24, 2.45) is 11.1 Å². The van der Waals surface area contributed by atoms with Crippen LogP contribution in [-0.2, 0) is 10.0 Å². The first-order valence-electron chi connectivity index (χ1n) is 6.64. The van der Waals surface area contributed by atoms with E-state index in [1.54, 1.807) is 18.0 Å². The number of hydrogen-bond acceptors (Lipinski definition) is 6. The number of fused-ring (bicyclic) bond motifs is 1. The fraction of sp³-hybridized carbons (Fsp3) is 0.667. The number of thiophene rings is 1. The second-order valence-electron chi connectivity index (χ2n) is 5.30. The topological polar surface area (TPSA) is 75.4 Å². The highest BCUT2D eigenvalue weighted by Crippen LogP contribution is 2.43. The smallest absolute Gasteiger partial charge is 0.247 e. The van der Waals surface area contributed by atoms with Crippen LogP contribution >= 0.6 is 23.3 Å². The normalized spacial score (nSPS) is 20.4. The van der Waals surface area contributed by atoms with Gasteiger partial charge in [-0.1, -0.05) is 20.8 Å². The second kappa shape index (κ2) is 6.33. The van der Waals surface area contributed by atoms with E-state index in [1.807, 2.05) is 0 Å². The van der Waals surface area contributed by atoms with E-state index in [0.717, 1.165) is 29.4 Å². The van der Waals surface area contributed by atoms with Gasteiger partial charge < -0.3 is 5.32 Å². The first-order chi connectivity index (χ1) is 9.31. The molecule has 1 aliphatic rings. The molecule has 2 rings (SSSR count). The standard InChI is InChI=1S/C12H21N3O2S3/c1-4-14-10-7-15(6-8(2)3)19-12-9(10)5-11(18-12)20(13,16)17/h5,8,10,14H,4,6-7H2,1-3H3,(H2,13,16,17)/t10-/m0/s1. The summed E-state index contributed by atoms with van der Waals surface area (Å²) in [6.07, 6.45) is 0. The average Bonchev–Trinajstić information content (AvgIpc) is 2.72. The minimum atomic E-state index is -3.62. The van der Waals surface area contributed by atoms with Crippen LogP contribution in [0.2, 0.25) is 0 Å². The van der Waals surface area contributed by atoms with E-state index in [2.05, 4.69) is 30.4 Å². The molecule has 20 heavy (non-hydrogen) atoms. The van der Waals surface area contributed by atoms with Crippen LogP contribution in [0.4, 0.5) is 0 Å². The molecule has 0 unspecified atom stereocenters. The van der Waals surface area contributed by atoms with E-state index in [9.17, 15) is 8.42 Å². The molecule has 0 radical (unpaired) electrons. The zero-order valence-corrected chi connectivity index (χ0v) is 14.4. The number of hydrogen-bond donors (Lipinski definition) is 2. The lowest BCUT2D eigenvalue weighted by Gasteiger charge is -2.32. The predicted octanol–water partition coefficient (Wildman–Crippen LogP) is 2.02. The van der Waals surface area contributed by atoms with Gasteiger partial charge in [0.25, 0.3) is 0 Å². The Balaban J connectivity index is 2.31. The first kappa shape index (κ1) is 16.3. The van der Waals surface area contributed by atoms with Gasteiger partial charge in [-0.25, -0.2) is 17.9 Å². The Bertz CT molecular complexity index is 569. The molecule has 1 atom stereocenters. The fourth-order valence-electron chi connectivity index (χ4n) is 2.22. The SMILES string of the molecule is CCN[C@H]1CN(CC(C)C)Sc2sc(S(N)(=O)=O)cc21. The van der Waals surface area contributed by atoms with Gasteiger partial charge in [0.1, 0.15) is 4.21 Å². The van der Waals surface area contributed by atoms with Gasteiger partial charge in [-0.05, 0) is 36.0 Å². The number of likely N-dealkylation sites (N-methyl/N-ethyl adjacent to an activating group) is 1. The molecule has 1 aromatic heterocycles. The third-order valence-electron chi connectivity index (χ3n) is 2.98. The number of sulfonamides is 1. The van der Waals surface area contributed by atoms with E-state index >= 15 is 0 Å². The highest BCUT2D eigenvalue weighted by molar-refractivity contribution is 7.99. The highest BCUT2D eigenvalue weighted by atomic mass is 32.3. The molecule has 0 bridgehead atoms. The van der Waals surface area contributed by atoms with E-state index in [4.69, 9.17) is 5.14 Å². The molecule has 8 heteroatoms. The molecule has 1 aromatic rings. The Kier molecular flexibility index (Phi) is 5.14. The lowest BCUT2D eigenvalue weighted by atomic mass is 10.1. The maximum Gasteiger partial charge on any atom is 0.247 e. The van der Waals surface area contributed by atoms with Gasteiger partial charge in [0.15, 0.2) is 0 Å². The molecule has 1 aliphatic heterocycles. The van der Waals surface area contributed by atoms with Gasteiger partial charge in [-0.15, -0.1) is 11.3 Å². The van der Waals surface area contributed by atoms with Crippen molar-refractivity contribution in [3.8, 4) is 0 Å². The highest BCUT2D eigenvalue weighted by Gasteiger charge is 2.30. The summed E-state index contributed by atoms with van der Waals surface area (Å²) in [5.74, 6) is 0.573. The Labute approximate surface area is 129 Å². The molecule has 3 N–H and O–H groups in total. The molecule has 0 aliphatic carbocycles. The van der Waals surface area contributed by atoms with Crippen molar-refractivity contribution >= 4 is 33.3 Å². The van der Waals surface area contributed by atoms with Crippen molar-refractivity contribution in [1.82, 2.24) is 9.62 Å². The molecule has 0 fully saturated rings. The molecule has 0 aromatic carbocycles. The van der Waals surface area contributed by atoms with Crippen LogP contribution in [-0.4, -0.2) is 32.4 Å². The third kappa shape index (κ3) is 3.75. The van der Waals surface area contributed by atoms with Crippen molar-refractivity contribution in [2.75, 3.05) is 19.6 Å². The number of nitrogens with two attached hydrogens (primary N) is 1. The molecule has 5 nitrogen and oxygen atoms in total. The summed E-state index contributed by atoms with van der Waals surface area (Å²) in [6, 6.07) is 1.89. The summed E-state index contributed by atoms with van der Waals surface area (Å²) >= 11 is 2.91. The maximum atomic E-state index is 11.5. The fourth-order valence-corrected chi connectivity index (χ4v) is 5.94. The van der Waals surface area contributed by atoms with Crippen molar-refractivity contribution in [1.29, 1.82) is 0 Å². The minimum absolute atomic E-state index is 0.168. The number of rotatable bonds is 5. The van der Waals surface area contributed by atoms with Gasteiger partial charge in [0.2, 0.25) is 10.0 Å². The van der Waals surface area contributed by atoms with E-state index in [0.29, 0.717) is 5.92 Å². The van der Waals surface area contributed by atoms with E-state index in [1.165, 1.54) is 11.3 Å². The van der Waals surface area contributed by atoms with Gasteiger partial charge >= 0.3 is 0 Å². The summed E-state index contributed by atoms with van der Waals surface area (Å²) in [6.45, 7) is 9.14. The summed E-state index contributed by atoms with van der Waals surface area (Å²) in [4.78, 5) is 0. The average molecular weight is 336 g/mol. The Morgan fingerprint density at radius 2 is 2.25 bits per heavy atom. The van der Waals surface area contributed by atoms with Crippen LogP contribution < -0.4 is 10.5 Å². The summed E-state index contributed by atoms with van der Waals surface area (Å²) < 4.78 is 26.6. The van der Waals surface area contributed by atoms with Crippen LogP contribution in [0.1, 0.15) is 32.4 Å². The van der Waals surface area contributed by atoms with Crippen LogP contribution in [0.3, 0.4) is 0 Å². The number of nitrogens with zero attached hydrogens (tertiary/aromatic N) is 1. The monoisotopic (exact) mass is 335 g/mol. The predicted molar refractivity (Wildman–Crippen MR) is 84.4 cm³/mol. The summed E-state index contributed by atoms with van der Waals surface area (Å²) in [5.41, 5.74) is 1.06. The summed E-state index contributed by atoms with van der Waals surface area (Å²) in [5, 5.41) is 8.67. The molecule has 0 saturated heterocycles. The largest absolute Gasteiger partial charge is 0.309 e. The quantitative estimate of drug-likeness (QED) is 0.805. The minimum Gasteiger partial charge on any atom is -0.309 e. The van der Waals surface area contributed by atoms with E-state index in [-0.39, 0.29) is 10.3 Å². The van der Waals surface area contributed by atoms with Crippen LogP contribution in [0.25, 0.3) is 0 Å². The van der Waals surface area contributed by atoms with Crippen molar-refractivity contribution in [2.45, 2.75) is 35.2 Å². The first-order valence-corrected chi connectivity index (χ1v) is 9.77. The van der Waals surface area contributed by atoms with Crippen LogP contribution in [0, 0.1) is 5.92 Å². The molecule has 0 amide bonds. The lowest BCUT2D eigenvalue weighted by Crippen LogP contribution is -2.36. The second-order valence-corrected chi connectivity index (χ2v) is 9.50. The van der Waals surface area contributed by atoms with Gasteiger partial charge in [-0.3, -0.25) is 0 Å². The van der Waals surface area contributed by atoms with Crippen LogP contribution in [0.15, 0.2) is 14.5 Å². The molecule has 114 valence electrons. The molecule has 0 saturated carbocycles. The van der Waals surface area contributed by atoms with Gasteiger partial charge in [0.05, 0.1) is 4.21 Å². The van der Waals surface area contributed by atoms with Gasteiger partial charge in [0, 0.05) is 19.1 Å². The Hall–Kier alpha value is -0.120. The Morgan fingerprint density at radius 3 is 2.80 bits per heavy atom. The molecular formula is C12H21N3O2S3. The zero-order chi connectivity index (χ0) is 14.9.